The molecule has 0 spiro atoms. The molecule has 0 aliphatic carbocycles. The molecule has 0 atom stereocenters. The number of nitrogens with zero attached hydrogens (tertiary/aromatic N) is 6. The molecule has 0 unspecified atom stereocenters. The molecule has 4 aromatic rings. The highest BCUT2D eigenvalue weighted by Gasteiger charge is 2.19. The van der Waals surface area contributed by atoms with Gasteiger partial charge in [0.1, 0.15) is 17.4 Å². The van der Waals surface area contributed by atoms with Gasteiger partial charge in [0.25, 0.3) is 0 Å². The summed E-state index contributed by atoms with van der Waals surface area (Å²) >= 11 is 1.24. The highest BCUT2D eigenvalue weighted by Crippen LogP contribution is 2.27. The minimum Gasteiger partial charge on any atom is -0.469 e. The summed E-state index contributed by atoms with van der Waals surface area (Å²) < 4.78 is 8.78. The van der Waals surface area contributed by atoms with Crippen LogP contribution in [0.4, 0.5) is 5.82 Å². The molecular weight excluding hydrogens is 426 g/mol. The first-order valence-electron chi connectivity index (χ1n) is 9.67. The van der Waals surface area contributed by atoms with Crippen molar-refractivity contribution in [3.05, 3.63) is 72.8 Å². The number of hydrogen-bond acceptors (Lipinski definition) is 7. The minimum absolute atomic E-state index is 0.0739. The van der Waals surface area contributed by atoms with Crippen molar-refractivity contribution in [2.75, 3.05) is 11.1 Å². The van der Waals surface area contributed by atoms with Crippen LogP contribution >= 0.6 is 11.8 Å². The highest BCUT2D eigenvalue weighted by atomic mass is 32.2. The first-order chi connectivity index (χ1) is 15.6. The lowest BCUT2D eigenvalue weighted by Gasteiger charge is -2.10. The molecule has 0 aliphatic heterocycles. The number of anilines is 1. The van der Waals surface area contributed by atoms with E-state index < -0.39 is 0 Å². The summed E-state index contributed by atoms with van der Waals surface area (Å²) in [6.45, 7) is 6.13. The van der Waals surface area contributed by atoms with Crippen LogP contribution in [0.5, 0.6) is 0 Å². The number of nitrogens with one attached hydrogen (secondary N) is 1. The number of amides is 1. The Labute approximate surface area is 188 Å². The molecule has 0 aliphatic rings. The minimum atomic E-state index is -0.293. The number of furan rings is 1. The number of aromatic nitrogens is 5. The molecule has 0 bridgehead atoms. The van der Waals surface area contributed by atoms with Crippen LogP contribution in [-0.2, 0) is 11.3 Å². The van der Waals surface area contributed by atoms with Crippen molar-refractivity contribution >= 4 is 23.5 Å². The first-order valence-corrected chi connectivity index (χ1v) is 10.7. The molecule has 1 amide bonds. The number of thioether (sulfide) groups is 1. The predicted octanol–water partition coefficient (Wildman–Crippen LogP) is 3.82. The van der Waals surface area contributed by atoms with Crippen LogP contribution < -0.4 is 5.32 Å². The van der Waals surface area contributed by atoms with Gasteiger partial charge < -0.3 is 9.73 Å². The number of carbonyl (C=O) groups is 1. The van der Waals surface area contributed by atoms with E-state index in [0.717, 1.165) is 17.0 Å². The number of carbonyl (C=O) groups excluding carboxylic acids is 1. The van der Waals surface area contributed by atoms with Crippen LogP contribution in [0.2, 0.25) is 0 Å². The zero-order chi connectivity index (χ0) is 22.5. The van der Waals surface area contributed by atoms with Gasteiger partial charge >= 0.3 is 0 Å². The van der Waals surface area contributed by atoms with Gasteiger partial charge in [0.2, 0.25) is 5.91 Å². The number of benzene rings is 1. The van der Waals surface area contributed by atoms with Crippen molar-refractivity contribution < 1.29 is 9.21 Å². The van der Waals surface area contributed by atoms with Crippen LogP contribution in [0.3, 0.4) is 0 Å². The summed E-state index contributed by atoms with van der Waals surface area (Å²) in [5.41, 5.74) is 1.85. The monoisotopic (exact) mass is 445 g/mol. The van der Waals surface area contributed by atoms with Gasteiger partial charge in [-0.05, 0) is 25.1 Å². The Morgan fingerprint density at radius 1 is 1.31 bits per heavy atom. The van der Waals surface area contributed by atoms with E-state index in [1.165, 1.54) is 22.6 Å². The maximum absolute atomic E-state index is 12.7. The molecule has 3 heterocycles. The number of nitriles is 1. The van der Waals surface area contributed by atoms with E-state index in [0.29, 0.717) is 23.3 Å². The van der Waals surface area contributed by atoms with Gasteiger partial charge in [-0.3, -0.25) is 9.36 Å². The predicted molar refractivity (Wildman–Crippen MR) is 120 cm³/mol. The average Bonchev–Trinajstić information content (AvgIpc) is 3.51. The van der Waals surface area contributed by atoms with Crippen molar-refractivity contribution in [3.63, 3.8) is 0 Å². The summed E-state index contributed by atoms with van der Waals surface area (Å²) in [6, 6.07) is 13.2. The van der Waals surface area contributed by atoms with Crippen molar-refractivity contribution in [2.45, 2.75) is 18.6 Å². The van der Waals surface area contributed by atoms with Crippen molar-refractivity contribution in [3.8, 4) is 23.1 Å². The van der Waals surface area contributed by atoms with E-state index in [1.807, 2.05) is 47.9 Å². The molecule has 1 N–H and O–H groups in total. The Balaban J connectivity index is 1.52. The molecule has 1 aromatic carbocycles. The number of aryl methyl sites for hydroxylation is 1. The van der Waals surface area contributed by atoms with Gasteiger partial charge in [0, 0.05) is 6.54 Å². The van der Waals surface area contributed by atoms with E-state index in [4.69, 9.17) is 4.42 Å². The fraction of sp³-hybridized carbons (Fsp3) is 0.136. The second-order valence-electron chi connectivity index (χ2n) is 6.70. The molecule has 9 nitrogen and oxygen atoms in total. The summed E-state index contributed by atoms with van der Waals surface area (Å²) in [4.78, 5) is 12.7. The van der Waals surface area contributed by atoms with Crippen LogP contribution in [-0.4, -0.2) is 36.2 Å². The fourth-order valence-corrected chi connectivity index (χ4v) is 3.87. The van der Waals surface area contributed by atoms with Crippen molar-refractivity contribution in [1.82, 2.24) is 24.5 Å². The third-order valence-corrected chi connectivity index (χ3v) is 5.58. The largest absolute Gasteiger partial charge is 0.469 e. The summed E-state index contributed by atoms with van der Waals surface area (Å²) in [5.74, 6) is 1.48. The van der Waals surface area contributed by atoms with Crippen molar-refractivity contribution in [1.29, 1.82) is 5.26 Å². The first kappa shape index (κ1) is 21.1. The second-order valence-corrected chi connectivity index (χ2v) is 7.64. The van der Waals surface area contributed by atoms with Gasteiger partial charge in [-0.25, -0.2) is 4.68 Å². The van der Waals surface area contributed by atoms with Crippen LogP contribution in [0, 0.1) is 18.3 Å². The van der Waals surface area contributed by atoms with Gasteiger partial charge in [-0.1, -0.05) is 36.0 Å². The zero-order valence-corrected chi connectivity index (χ0v) is 18.0. The van der Waals surface area contributed by atoms with Gasteiger partial charge in [-0.2, -0.15) is 10.4 Å². The molecule has 4 rings (SSSR count). The quantitative estimate of drug-likeness (QED) is 0.324. The lowest BCUT2D eigenvalue weighted by Crippen LogP contribution is -2.18. The van der Waals surface area contributed by atoms with Crippen LogP contribution in [0.25, 0.3) is 17.1 Å². The molecule has 32 heavy (non-hydrogen) atoms. The number of hydrogen-bond donors (Lipinski definition) is 1. The maximum atomic E-state index is 12.7. The second kappa shape index (κ2) is 9.36. The topological polar surface area (TPSA) is 115 Å². The molecule has 3 aromatic heterocycles. The third-order valence-electron chi connectivity index (χ3n) is 4.61. The summed E-state index contributed by atoms with van der Waals surface area (Å²) in [6.07, 6.45) is 4.76. The molecule has 0 fully saturated rings. The SMILES string of the molecule is C=CCn1c(SCC(=O)Nc2c(C#N)cnn2-c2ccccc2)nnc1-c1ccoc1C. The fourth-order valence-electron chi connectivity index (χ4n) is 3.12. The smallest absolute Gasteiger partial charge is 0.236 e. The van der Waals surface area contributed by atoms with E-state index >= 15 is 0 Å². The number of allylic oxidation sites excluding steroid dienone is 1. The van der Waals surface area contributed by atoms with Gasteiger partial charge in [0.05, 0.1) is 29.5 Å². The molecular formula is C22H19N7O2S. The normalized spacial score (nSPS) is 10.6. The Morgan fingerprint density at radius 3 is 2.81 bits per heavy atom. The molecule has 160 valence electrons. The number of para-hydroxylation sites is 1. The zero-order valence-electron chi connectivity index (χ0n) is 17.2. The van der Waals surface area contributed by atoms with Gasteiger partial charge in [0.15, 0.2) is 16.8 Å². The summed E-state index contributed by atoms with van der Waals surface area (Å²) in [5, 5.41) is 25.5. The molecule has 0 radical (unpaired) electrons. The molecule has 10 heteroatoms. The highest BCUT2D eigenvalue weighted by molar-refractivity contribution is 7.99. The molecule has 0 saturated carbocycles. The average molecular weight is 446 g/mol. The lowest BCUT2D eigenvalue weighted by atomic mass is 10.2. The standard InChI is InChI=1S/C22H19N7O2S/c1-3-10-28-21(18-9-11-31-15(18)2)26-27-22(28)32-14-19(30)25-20-16(12-23)13-24-29(20)17-7-5-4-6-8-17/h3-9,11,13H,1,10,14H2,2H3,(H,25,30). The number of rotatable bonds is 8. The third kappa shape index (κ3) is 4.19. The van der Waals surface area contributed by atoms with Crippen LogP contribution in [0.15, 0.2) is 71.1 Å². The van der Waals surface area contributed by atoms with E-state index in [-0.39, 0.29) is 17.2 Å². The van der Waals surface area contributed by atoms with Crippen molar-refractivity contribution in [2.24, 2.45) is 0 Å². The Kier molecular flexibility index (Phi) is 6.19. The molecule has 0 saturated heterocycles. The van der Waals surface area contributed by atoms with E-state index in [9.17, 15) is 10.1 Å². The van der Waals surface area contributed by atoms with E-state index in [2.05, 4.69) is 33.3 Å². The van der Waals surface area contributed by atoms with Crippen LogP contribution in [0.1, 0.15) is 11.3 Å². The van der Waals surface area contributed by atoms with E-state index in [1.54, 1.807) is 12.3 Å². The Bertz CT molecular complexity index is 1300. The van der Waals surface area contributed by atoms with Gasteiger partial charge in [-0.15, -0.1) is 16.8 Å². The maximum Gasteiger partial charge on any atom is 0.236 e. The Morgan fingerprint density at radius 2 is 2.12 bits per heavy atom. The lowest BCUT2D eigenvalue weighted by molar-refractivity contribution is -0.113. The summed E-state index contributed by atoms with van der Waals surface area (Å²) in [7, 11) is 0. The Hall–Kier alpha value is -4.10.